The molecule has 1 amide bonds. The van der Waals surface area contributed by atoms with Gasteiger partial charge in [-0.25, -0.2) is 4.98 Å². The van der Waals surface area contributed by atoms with Crippen LogP contribution in [0.15, 0.2) is 65.1 Å². The van der Waals surface area contributed by atoms with Gasteiger partial charge in [-0.15, -0.1) is 0 Å². The average molecular weight is 560 g/mol. The van der Waals surface area contributed by atoms with Crippen LogP contribution in [0.3, 0.4) is 0 Å². The summed E-state index contributed by atoms with van der Waals surface area (Å²) in [5.41, 5.74) is 4.98. The lowest BCUT2D eigenvalue weighted by molar-refractivity contribution is -0.384. The summed E-state index contributed by atoms with van der Waals surface area (Å²) in [4.78, 5) is 30.5. The normalized spacial score (nSPS) is 13.4. The molecule has 40 heavy (non-hydrogen) atoms. The van der Waals surface area contributed by atoms with Crippen LogP contribution in [0.25, 0.3) is 11.1 Å². The van der Waals surface area contributed by atoms with Crippen molar-refractivity contribution in [3.8, 4) is 0 Å². The van der Waals surface area contributed by atoms with E-state index in [0.717, 1.165) is 16.7 Å². The van der Waals surface area contributed by atoms with E-state index in [9.17, 15) is 14.9 Å². The number of nitro benzene ring substituents is 1. The highest BCUT2D eigenvalue weighted by Gasteiger charge is 2.23. The molecular formula is C29H29N5O5S. The third-order valence-corrected chi connectivity index (χ3v) is 6.91. The van der Waals surface area contributed by atoms with E-state index in [-0.39, 0.29) is 16.4 Å². The SMILES string of the molecule is CC(C)c1ccc2oc(Cc3ccc(NC(=S)NC(=O)c4ccc(N5CCOCC5)c([N+](=O)[O-])c4)cc3)nc2c1. The number of carbonyl (C=O) groups is 1. The van der Waals surface area contributed by atoms with Gasteiger partial charge >= 0.3 is 0 Å². The minimum absolute atomic E-state index is 0.0811. The molecule has 2 heterocycles. The molecule has 10 nitrogen and oxygen atoms in total. The number of nitrogens with one attached hydrogen (secondary N) is 2. The quantitative estimate of drug-likeness (QED) is 0.174. The molecule has 0 atom stereocenters. The number of anilines is 2. The molecule has 2 N–H and O–H groups in total. The van der Waals surface area contributed by atoms with Crippen LogP contribution in [-0.2, 0) is 11.2 Å². The maximum Gasteiger partial charge on any atom is 0.293 e. The van der Waals surface area contributed by atoms with Crippen LogP contribution in [0.2, 0.25) is 0 Å². The minimum atomic E-state index is -0.540. The molecule has 0 bridgehead atoms. The first-order valence-electron chi connectivity index (χ1n) is 13.0. The van der Waals surface area contributed by atoms with Crippen LogP contribution < -0.4 is 15.5 Å². The molecule has 11 heteroatoms. The van der Waals surface area contributed by atoms with Gasteiger partial charge in [-0.1, -0.05) is 32.0 Å². The Morgan fingerprint density at radius 3 is 2.55 bits per heavy atom. The molecule has 1 fully saturated rings. The summed E-state index contributed by atoms with van der Waals surface area (Å²) in [5.74, 6) is 0.510. The molecule has 0 spiro atoms. The van der Waals surface area contributed by atoms with Crippen molar-refractivity contribution in [1.82, 2.24) is 10.3 Å². The Balaban J connectivity index is 1.19. The number of fused-ring (bicyclic) bond motifs is 1. The van der Waals surface area contributed by atoms with Gasteiger partial charge in [0.2, 0.25) is 0 Å². The minimum Gasteiger partial charge on any atom is -0.440 e. The molecule has 0 saturated carbocycles. The van der Waals surface area contributed by atoms with Crippen molar-refractivity contribution in [3.63, 3.8) is 0 Å². The fourth-order valence-corrected chi connectivity index (χ4v) is 4.74. The van der Waals surface area contributed by atoms with E-state index in [1.165, 1.54) is 11.6 Å². The summed E-state index contributed by atoms with van der Waals surface area (Å²) in [5, 5.41) is 17.3. The zero-order valence-electron chi connectivity index (χ0n) is 22.2. The topological polar surface area (TPSA) is 123 Å². The number of thiocarbonyl (C=S) groups is 1. The fraction of sp³-hybridized carbons (Fsp3) is 0.276. The van der Waals surface area contributed by atoms with Crippen molar-refractivity contribution in [1.29, 1.82) is 0 Å². The molecular weight excluding hydrogens is 530 g/mol. The number of rotatable bonds is 7. The average Bonchev–Trinajstić information content (AvgIpc) is 3.35. The molecule has 5 rings (SSSR count). The predicted molar refractivity (Wildman–Crippen MR) is 157 cm³/mol. The van der Waals surface area contributed by atoms with Gasteiger partial charge < -0.3 is 19.4 Å². The van der Waals surface area contributed by atoms with Gasteiger partial charge in [0.1, 0.15) is 11.2 Å². The molecule has 206 valence electrons. The molecule has 0 aliphatic carbocycles. The van der Waals surface area contributed by atoms with Crippen LogP contribution in [0.1, 0.15) is 47.1 Å². The van der Waals surface area contributed by atoms with E-state index in [2.05, 4.69) is 41.6 Å². The second-order valence-corrected chi connectivity index (χ2v) is 10.2. The lowest BCUT2D eigenvalue weighted by atomic mass is 10.0. The van der Waals surface area contributed by atoms with Crippen LogP contribution >= 0.6 is 12.2 Å². The van der Waals surface area contributed by atoms with Gasteiger partial charge in [0.25, 0.3) is 11.6 Å². The monoisotopic (exact) mass is 559 g/mol. The number of aromatic nitrogens is 1. The molecule has 1 aromatic heterocycles. The van der Waals surface area contributed by atoms with Gasteiger partial charge in [0.05, 0.1) is 18.1 Å². The van der Waals surface area contributed by atoms with Gasteiger partial charge in [0, 0.05) is 36.8 Å². The van der Waals surface area contributed by atoms with Crippen molar-refractivity contribution in [2.45, 2.75) is 26.2 Å². The Labute approximate surface area is 236 Å². The van der Waals surface area contributed by atoms with E-state index in [1.807, 2.05) is 35.2 Å². The Hall–Kier alpha value is -4.35. The van der Waals surface area contributed by atoms with Crippen molar-refractivity contribution < 1.29 is 18.9 Å². The number of hydrogen-bond acceptors (Lipinski definition) is 8. The Kier molecular flexibility index (Phi) is 8.04. The van der Waals surface area contributed by atoms with Crippen molar-refractivity contribution in [2.75, 3.05) is 36.5 Å². The van der Waals surface area contributed by atoms with Crippen LogP contribution in [0, 0.1) is 10.1 Å². The zero-order chi connectivity index (χ0) is 28.2. The summed E-state index contributed by atoms with van der Waals surface area (Å²) in [6.07, 6.45) is 0.534. The van der Waals surface area contributed by atoms with Crippen molar-refractivity contribution in [2.24, 2.45) is 0 Å². The molecule has 1 saturated heterocycles. The van der Waals surface area contributed by atoms with Gasteiger partial charge in [0.15, 0.2) is 16.6 Å². The lowest BCUT2D eigenvalue weighted by Gasteiger charge is -2.28. The number of benzene rings is 3. The van der Waals surface area contributed by atoms with E-state index in [1.54, 1.807) is 12.1 Å². The highest BCUT2D eigenvalue weighted by atomic mass is 32.1. The largest absolute Gasteiger partial charge is 0.440 e. The van der Waals surface area contributed by atoms with Gasteiger partial charge in [-0.3, -0.25) is 20.2 Å². The van der Waals surface area contributed by atoms with Crippen LogP contribution in [-0.4, -0.2) is 47.2 Å². The highest BCUT2D eigenvalue weighted by molar-refractivity contribution is 7.80. The Morgan fingerprint density at radius 1 is 1.10 bits per heavy atom. The number of morpholine rings is 1. The molecule has 1 aliphatic rings. The van der Waals surface area contributed by atoms with Crippen molar-refractivity contribution in [3.05, 3.63) is 93.4 Å². The first-order valence-corrected chi connectivity index (χ1v) is 13.4. The predicted octanol–water partition coefficient (Wildman–Crippen LogP) is 5.41. The third-order valence-electron chi connectivity index (χ3n) is 6.70. The summed E-state index contributed by atoms with van der Waals surface area (Å²) >= 11 is 5.30. The summed E-state index contributed by atoms with van der Waals surface area (Å²) in [7, 11) is 0. The summed E-state index contributed by atoms with van der Waals surface area (Å²) < 4.78 is 11.2. The van der Waals surface area contributed by atoms with Crippen LogP contribution in [0.5, 0.6) is 0 Å². The number of hydrogen-bond donors (Lipinski definition) is 2. The molecule has 3 aromatic carbocycles. The molecule has 1 aliphatic heterocycles. The number of oxazole rings is 1. The first kappa shape index (κ1) is 27.2. The van der Waals surface area contributed by atoms with Crippen LogP contribution in [0.4, 0.5) is 17.1 Å². The molecule has 0 radical (unpaired) electrons. The summed E-state index contributed by atoms with van der Waals surface area (Å²) in [6.45, 7) is 6.38. The van der Waals surface area contributed by atoms with Crippen molar-refractivity contribution >= 4 is 51.4 Å². The second kappa shape index (κ2) is 11.8. The Bertz CT molecular complexity index is 1560. The second-order valence-electron chi connectivity index (χ2n) is 9.83. The van der Waals surface area contributed by atoms with Gasteiger partial charge in [-0.2, -0.15) is 0 Å². The van der Waals surface area contributed by atoms with Gasteiger partial charge in [-0.05, 0) is 65.7 Å². The highest BCUT2D eigenvalue weighted by Crippen LogP contribution is 2.30. The third kappa shape index (κ3) is 6.27. The Morgan fingerprint density at radius 2 is 1.85 bits per heavy atom. The lowest BCUT2D eigenvalue weighted by Crippen LogP contribution is -2.37. The molecule has 4 aromatic rings. The molecule has 0 unspecified atom stereocenters. The van der Waals surface area contributed by atoms with E-state index < -0.39 is 10.8 Å². The zero-order valence-corrected chi connectivity index (χ0v) is 23.0. The maximum absolute atomic E-state index is 12.8. The van der Waals surface area contributed by atoms with E-state index in [4.69, 9.17) is 21.4 Å². The number of amides is 1. The fourth-order valence-electron chi connectivity index (χ4n) is 4.53. The maximum atomic E-state index is 12.8. The number of nitrogens with zero attached hydrogens (tertiary/aromatic N) is 3. The summed E-state index contributed by atoms with van der Waals surface area (Å²) in [6, 6.07) is 18.0. The number of nitro groups is 1. The van der Waals surface area contributed by atoms with E-state index in [0.29, 0.717) is 55.9 Å². The standard InChI is InChI=1S/C29H29N5O5S/c1-18(2)20-6-10-26-23(16-20)31-27(39-26)15-19-3-7-22(8-4-19)30-29(40)32-28(35)21-5-9-24(25(17-21)34(36)37)33-11-13-38-14-12-33/h3-10,16-18H,11-15H2,1-2H3,(H2,30,32,35,40). The smallest absolute Gasteiger partial charge is 0.293 e. The van der Waals surface area contributed by atoms with E-state index >= 15 is 0 Å². The first-order chi connectivity index (χ1) is 19.3. The number of ether oxygens (including phenoxy) is 1. The number of carbonyl (C=O) groups excluding carboxylic acids is 1.